The van der Waals surface area contributed by atoms with Crippen molar-refractivity contribution in [3.63, 3.8) is 0 Å². The van der Waals surface area contributed by atoms with E-state index in [9.17, 15) is 14.4 Å². The lowest BCUT2D eigenvalue weighted by molar-refractivity contribution is -0.137. The Morgan fingerprint density at radius 1 is 1.09 bits per heavy atom. The van der Waals surface area contributed by atoms with Crippen molar-refractivity contribution in [1.29, 1.82) is 0 Å². The lowest BCUT2D eigenvalue weighted by Crippen LogP contribution is -2.58. The van der Waals surface area contributed by atoms with Gasteiger partial charge in [-0.1, -0.05) is 0 Å². The largest absolute Gasteiger partial charge is 0.349 e. The molecule has 2 aliphatic heterocycles. The van der Waals surface area contributed by atoms with E-state index < -0.39 is 5.54 Å². The maximum atomic E-state index is 12.7. The number of halogens is 1. The number of carbonyl (C=O) groups is 2. The molecule has 3 heterocycles. The molecule has 0 aromatic carbocycles. The molecular weight excluding hydrogens is 472 g/mol. The number of urea groups is 1. The van der Waals surface area contributed by atoms with E-state index in [2.05, 4.69) is 15.2 Å². The van der Waals surface area contributed by atoms with Crippen molar-refractivity contribution in [3.05, 3.63) is 22.7 Å². The van der Waals surface area contributed by atoms with Gasteiger partial charge in [0.25, 0.3) is 0 Å². The first-order chi connectivity index (χ1) is 16.1. The standard InChI is InChI=1S/C23H38N8O3.ClH/c1-23(2,25)20(32)29-9-11-30(12-10-29)21(33)26-19-7-8-31(22(34)27-19)18-5-3-16(4-6-18)13-28-14-17(24)15-28;/h7-8,16-18H,3-6,9-15,24-25H2,1-2H3,(H,26,27,33,34);1H/t16-,18-;. The summed E-state index contributed by atoms with van der Waals surface area (Å²) >= 11 is 0. The average Bonchev–Trinajstić information content (AvgIpc) is 2.78. The van der Waals surface area contributed by atoms with Crippen molar-refractivity contribution < 1.29 is 9.59 Å². The van der Waals surface area contributed by atoms with Crippen LogP contribution in [0.2, 0.25) is 0 Å². The number of hydrogen-bond donors (Lipinski definition) is 3. The van der Waals surface area contributed by atoms with Gasteiger partial charge in [-0.25, -0.2) is 9.59 Å². The number of carbonyl (C=O) groups excluding carboxylic acids is 2. The van der Waals surface area contributed by atoms with Crippen LogP contribution in [-0.4, -0.2) is 93.6 Å². The van der Waals surface area contributed by atoms with Gasteiger partial charge in [0.05, 0.1) is 5.54 Å². The molecule has 1 aromatic rings. The Labute approximate surface area is 212 Å². The molecule has 0 bridgehead atoms. The van der Waals surface area contributed by atoms with E-state index in [0.29, 0.717) is 38.1 Å². The van der Waals surface area contributed by atoms with Crippen molar-refractivity contribution in [1.82, 2.24) is 24.3 Å². The van der Waals surface area contributed by atoms with Gasteiger partial charge in [0.2, 0.25) is 5.91 Å². The molecule has 0 spiro atoms. The summed E-state index contributed by atoms with van der Waals surface area (Å²) in [6.07, 6.45) is 5.85. The summed E-state index contributed by atoms with van der Waals surface area (Å²) in [7, 11) is 0. The average molecular weight is 511 g/mol. The second-order valence-electron chi connectivity index (χ2n) is 10.6. The summed E-state index contributed by atoms with van der Waals surface area (Å²) in [4.78, 5) is 47.4. The zero-order chi connectivity index (χ0) is 24.5. The Bertz CT molecular complexity index is 943. The fourth-order valence-electron chi connectivity index (χ4n) is 5.20. The molecule has 1 aromatic heterocycles. The van der Waals surface area contributed by atoms with Gasteiger partial charge in [-0.05, 0) is 51.5 Å². The van der Waals surface area contributed by atoms with Crippen LogP contribution < -0.4 is 22.5 Å². The minimum absolute atomic E-state index is 0. The van der Waals surface area contributed by atoms with Crippen LogP contribution in [0, 0.1) is 5.92 Å². The Morgan fingerprint density at radius 3 is 2.23 bits per heavy atom. The number of anilines is 1. The number of likely N-dealkylation sites (tertiary alicyclic amines) is 1. The predicted molar refractivity (Wildman–Crippen MR) is 137 cm³/mol. The van der Waals surface area contributed by atoms with Crippen LogP contribution in [0.25, 0.3) is 0 Å². The number of nitrogens with zero attached hydrogens (tertiary/aromatic N) is 5. The molecule has 0 radical (unpaired) electrons. The Balaban J connectivity index is 0.00000342. The topological polar surface area (TPSA) is 143 Å². The number of nitrogens with two attached hydrogens (primary N) is 2. The van der Waals surface area contributed by atoms with Crippen LogP contribution >= 0.6 is 12.4 Å². The minimum atomic E-state index is -0.930. The second kappa shape index (κ2) is 11.2. The second-order valence-corrected chi connectivity index (χ2v) is 10.6. The number of rotatable bonds is 5. The maximum absolute atomic E-state index is 12.7. The molecule has 4 rings (SSSR count). The number of hydrogen-bond acceptors (Lipinski definition) is 7. The summed E-state index contributed by atoms with van der Waals surface area (Å²) in [5.74, 6) is 0.782. The Morgan fingerprint density at radius 2 is 1.69 bits per heavy atom. The van der Waals surface area contributed by atoms with Gasteiger partial charge in [-0.3, -0.25) is 19.6 Å². The van der Waals surface area contributed by atoms with Gasteiger partial charge in [-0.2, -0.15) is 4.98 Å². The summed E-state index contributed by atoms with van der Waals surface area (Å²) in [5.41, 5.74) is 10.5. The van der Waals surface area contributed by atoms with Gasteiger partial charge in [0.1, 0.15) is 5.82 Å². The van der Waals surface area contributed by atoms with Crippen molar-refractivity contribution in [2.24, 2.45) is 17.4 Å². The molecule has 3 fully saturated rings. The normalized spacial score (nSPS) is 23.9. The molecule has 5 N–H and O–H groups in total. The number of amides is 3. The third kappa shape index (κ3) is 6.72. The quantitative estimate of drug-likeness (QED) is 0.522. The molecule has 0 atom stereocenters. The van der Waals surface area contributed by atoms with E-state index in [1.54, 1.807) is 40.5 Å². The lowest BCUT2D eigenvalue weighted by Gasteiger charge is -2.40. The number of aromatic nitrogens is 2. The summed E-state index contributed by atoms with van der Waals surface area (Å²) < 4.78 is 1.70. The fraction of sp³-hybridized carbons (Fsp3) is 0.739. The van der Waals surface area contributed by atoms with Gasteiger partial charge >= 0.3 is 11.7 Å². The van der Waals surface area contributed by atoms with Crippen LogP contribution in [0.4, 0.5) is 10.6 Å². The van der Waals surface area contributed by atoms with Gasteiger partial charge in [0.15, 0.2) is 0 Å². The van der Waals surface area contributed by atoms with E-state index >= 15 is 0 Å². The third-order valence-electron chi connectivity index (χ3n) is 7.18. The highest BCUT2D eigenvalue weighted by Gasteiger charge is 2.32. The van der Waals surface area contributed by atoms with Crippen molar-refractivity contribution in [3.8, 4) is 0 Å². The zero-order valence-electron chi connectivity index (χ0n) is 20.7. The zero-order valence-corrected chi connectivity index (χ0v) is 21.5. The first kappa shape index (κ1) is 27.4. The van der Waals surface area contributed by atoms with E-state index in [1.165, 1.54) is 0 Å². The molecule has 2 saturated heterocycles. The van der Waals surface area contributed by atoms with Crippen LogP contribution in [0.15, 0.2) is 17.1 Å². The van der Waals surface area contributed by atoms with Gasteiger partial charge < -0.3 is 21.3 Å². The molecular formula is C23H39ClN8O3. The first-order valence-electron chi connectivity index (χ1n) is 12.3. The molecule has 1 saturated carbocycles. The summed E-state index contributed by atoms with van der Waals surface area (Å²) in [6, 6.07) is 1.84. The molecule has 3 aliphatic rings. The summed E-state index contributed by atoms with van der Waals surface area (Å²) in [5, 5.41) is 2.72. The molecule has 0 unspecified atom stereocenters. The SMILES string of the molecule is CC(C)(N)C(=O)N1CCN(C(=O)Nc2ccn([C@H]3CC[C@H](CN4CC(N)C4)CC3)c(=O)n2)CC1.Cl. The van der Waals surface area contributed by atoms with E-state index in [-0.39, 0.29) is 41.9 Å². The molecule has 35 heavy (non-hydrogen) atoms. The van der Waals surface area contributed by atoms with Gasteiger partial charge in [0, 0.05) is 64.1 Å². The number of piperazine rings is 1. The van der Waals surface area contributed by atoms with E-state index in [0.717, 1.165) is 45.3 Å². The monoisotopic (exact) mass is 510 g/mol. The number of nitrogens with one attached hydrogen (secondary N) is 1. The van der Waals surface area contributed by atoms with Crippen molar-refractivity contribution in [2.45, 2.75) is 57.2 Å². The molecule has 196 valence electrons. The van der Waals surface area contributed by atoms with Gasteiger partial charge in [-0.15, -0.1) is 12.4 Å². The molecule has 12 heteroatoms. The highest BCUT2D eigenvalue weighted by atomic mass is 35.5. The fourth-order valence-corrected chi connectivity index (χ4v) is 5.20. The minimum Gasteiger partial charge on any atom is -0.338 e. The predicted octanol–water partition coefficient (Wildman–Crippen LogP) is 0.453. The van der Waals surface area contributed by atoms with E-state index in [1.807, 2.05) is 0 Å². The molecule has 11 nitrogen and oxygen atoms in total. The van der Waals surface area contributed by atoms with Crippen LogP contribution in [0.5, 0.6) is 0 Å². The van der Waals surface area contributed by atoms with E-state index in [4.69, 9.17) is 11.5 Å². The third-order valence-corrected chi connectivity index (χ3v) is 7.18. The highest BCUT2D eigenvalue weighted by Crippen LogP contribution is 2.32. The maximum Gasteiger partial charge on any atom is 0.349 e. The lowest BCUT2D eigenvalue weighted by atomic mass is 9.85. The first-order valence-corrected chi connectivity index (χ1v) is 12.3. The van der Waals surface area contributed by atoms with Crippen LogP contribution in [0.3, 0.4) is 0 Å². The Hall–Kier alpha value is -2.21. The van der Waals surface area contributed by atoms with Crippen molar-refractivity contribution in [2.75, 3.05) is 51.1 Å². The molecule has 3 amide bonds. The smallest absolute Gasteiger partial charge is 0.338 e. The molecule has 1 aliphatic carbocycles. The summed E-state index contributed by atoms with van der Waals surface area (Å²) in [6.45, 7) is 8.10. The Kier molecular flexibility index (Phi) is 8.79. The van der Waals surface area contributed by atoms with Crippen LogP contribution in [0.1, 0.15) is 45.6 Å². The van der Waals surface area contributed by atoms with Crippen molar-refractivity contribution >= 4 is 30.2 Å². The van der Waals surface area contributed by atoms with Crippen LogP contribution in [-0.2, 0) is 4.79 Å². The highest BCUT2D eigenvalue weighted by molar-refractivity contribution is 5.89.